The van der Waals surface area contributed by atoms with Crippen LogP contribution in [0.1, 0.15) is 27.0 Å². The van der Waals surface area contributed by atoms with Gasteiger partial charge in [0.05, 0.1) is 28.8 Å². The molecule has 176 valence electrons. The molecule has 0 unspecified atom stereocenters. The Bertz CT molecular complexity index is 1640. The van der Waals surface area contributed by atoms with Crippen LogP contribution in [-0.2, 0) is 19.8 Å². The van der Waals surface area contributed by atoms with Crippen LogP contribution in [0.5, 0.6) is 0 Å². The lowest BCUT2D eigenvalue weighted by Gasteiger charge is -2.16. The number of carboxylic acids is 1. The molecule has 2 aromatic carbocycles. The quantitative estimate of drug-likeness (QED) is 0.470. The molecule has 0 amide bonds. The molecule has 4 aromatic rings. The molecule has 0 aliphatic rings. The van der Waals surface area contributed by atoms with E-state index in [1.165, 1.54) is 42.8 Å². The average Bonchev–Trinajstić information content (AvgIpc) is 3.04. The third-order valence-corrected chi connectivity index (χ3v) is 5.65. The molecule has 0 spiro atoms. The number of benzene rings is 2. The summed E-state index contributed by atoms with van der Waals surface area (Å²) >= 11 is 0. The van der Waals surface area contributed by atoms with Crippen LogP contribution >= 0.6 is 0 Å². The second-order valence-electron chi connectivity index (χ2n) is 7.67. The van der Waals surface area contributed by atoms with Crippen LogP contribution in [0.25, 0.3) is 16.7 Å². The maximum absolute atomic E-state index is 13.3. The zero-order valence-electron chi connectivity index (χ0n) is 17.8. The number of H-pyrrole nitrogens is 1. The second-order valence-corrected chi connectivity index (χ2v) is 7.67. The lowest BCUT2D eigenvalue weighted by molar-refractivity contribution is -0.138. The molecule has 0 aliphatic carbocycles. The Morgan fingerprint density at radius 2 is 1.82 bits per heavy atom. The second kappa shape index (κ2) is 7.90. The molecule has 34 heavy (non-hydrogen) atoms. The van der Waals surface area contributed by atoms with E-state index < -0.39 is 46.8 Å². The van der Waals surface area contributed by atoms with E-state index in [1.54, 1.807) is 0 Å². The van der Waals surface area contributed by atoms with E-state index >= 15 is 0 Å². The van der Waals surface area contributed by atoms with Gasteiger partial charge in [0.15, 0.2) is 0 Å². The van der Waals surface area contributed by atoms with Gasteiger partial charge in [0.2, 0.25) is 0 Å². The minimum absolute atomic E-state index is 0.0339. The summed E-state index contributed by atoms with van der Waals surface area (Å²) in [4.78, 5) is 52.2. The first-order valence-electron chi connectivity index (χ1n) is 9.84. The van der Waals surface area contributed by atoms with Crippen molar-refractivity contribution in [2.45, 2.75) is 19.6 Å². The molecule has 0 atom stereocenters. The molecule has 0 saturated heterocycles. The summed E-state index contributed by atoms with van der Waals surface area (Å²) in [5.74, 6) is -1.61. The molecule has 2 N–H and O–H groups in total. The number of rotatable bonds is 4. The third-order valence-electron chi connectivity index (χ3n) is 5.65. The van der Waals surface area contributed by atoms with Gasteiger partial charge in [-0.2, -0.15) is 13.2 Å². The number of hydrogen-bond acceptors (Lipinski definition) is 4. The SMILES string of the molecule is Cc1c(Cn2c(=O)c(C(=O)O)cn(-c3ccc4[nH]c(=O)n(C)c4c3)c2=O)cccc1C(F)(F)F. The maximum atomic E-state index is 13.3. The predicted octanol–water partition coefficient (Wildman–Crippen LogP) is 2.25. The van der Waals surface area contributed by atoms with E-state index in [0.29, 0.717) is 15.6 Å². The van der Waals surface area contributed by atoms with Crippen LogP contribution in [0, 0.1) is 6.92 Å². The van der Waals surface area contributed by atoms with Crippen LogP contribution in [0.2, 0.25) is 0 Å². The van der Waals surface area contributed by atoms with Crippen molar-refractivity contribution in [2.75, 3.05) is 0 Å². The molecule has 9 nitrogen and oxygen atoms in total. The van der Waals surface area contributed by atoms with Gasteiger partial charge in [-0.25, -0.2) is 14.4 Å². The van der Waals surface area contributed by atoms with Gasteiger partial charge >= 0.3 is 23.5 Å². The summed E-state index contributed by atoms with van der Waals surface area (Å²) in [7, 11) is 1.49. The fraction of sp³-hybridized carbons (Fsp3) is 0.182. The van der Waals surface area contributed by atoms with Gasteiger partial charge in [-0.15, -0.1) is 0 Å². The lowest BCUT2D eigenvalue weighted by atomic mass is 10.0. The number of hydrogen-bond donors (Lipinski definition) is 2. The molecular weight excluding hydrogens is 457 g/mol. The largest absolute Gasteiger partial charge is 0.477 e. The third kappa shape index (κ3) is 3.72. The molecule has 12 heteroatoms. The number of aromatic carboxylic acids is 1. The van der Waals surface area contributed by atoms with Gasteiger partial charge in [0.25, 0.3) is 5.56 Å². The summed E-state index contributed by atoms with van der Waals surface area (Å²) in [5.41, 5.74) is -3.29. The van der Waals surface area contributed by atoms with Gasteiger partial charge in [0, 0.05) is 13.2 Å². The van der Waals surface area contributed by atoms with Crippen molar-refractivity contribution in [1.82, 2.24) is 18.7 Å². The minimum atomic E-state index is -4.64. The molecular formula is C22H17F3N4O5. The molecule has 4 rings (SSSR count). The van der Waals surface area contributed by atoms with E-state index in [2.05, 4.69) is 4.98 Å². The molecule has 2 heterocycles. The Kier molecular flexibility index (Phi) is 5.31. The Morgan fingerprint density at radius 3 is 2.47 bits per heavy atom. The van der Waals surface area contributed by atoms with Gasteiger partial charge in [-0.1, -0.05) is 12.1 Å². The standard InChI is InChI=1S/C22H17F3N4O5/c1-11-12(4-3-5-15(11)22(23,24)25)9-29-18(30)14(19(31)32)10-28(21(29)34)13-6-7-16-17(8-13)27(2)20(33)26-16/h3-8,10H,9H2,1-2H3,(H,26,33)(H,31,32). The molecule has 0 fully saturated rings. The Labute approximate surface area is 187 Å². The highest BCUT2D eigenvalue weighted by molar-refractivity contribution is 5.87. The highest BCUT2D eigenvalue weighted by atomic mass is 19.4. The van der Waals surface area contributed by atoms with Gasteiger partial charge in [-0.3, -0.25) is 18.5 Å². The number of halogens is 3. The predicted molar refractivity (Wildman–Crippen MR) is 116 cm³/mol. The fourth-order valence-electron chi connectivity index (χ4n) is 3.77. The van der Waals surface area contributed by atoms with Crippen molar-refractivity contribution in [3.05, 3.63) is 96.2 Å². The highest BCUT2D eigenvalue weighted by Gasteiger charge is 2.33. The number of aryl methyl sites for hydroxylation is 1. The van der Waals surface area contributed by atoms with Crippen LogP contribution in [0.15, 0.2) is 57.0 Å². The van der Waals surface area contributed by atoms with Crippen LogP contribution in [-0.4, -0.2) is 29.8 Å². The number of nitrogens with one attached hydrogen (secondary N) is 1. The molecule has 0 saturated carbocycles. The van der Waals surface area contributed by atoms with Crippen molar-refractivity contribution >= 4 is 17.0 Å². The number of nitrogens with zero attached hydrogens (tertiary/aromatic N) is 3. The Balaban J connectivity index is 1.95. The molecule has 0 bridgehead atoms. The first-order valence-corrected chi connectivity index (χ1v) is 9.84. The first-order chi connectivity index (χ1) is 15.9. The molecule has 2 aromatic heterocycles. The average molecular weight is 474 g/mol. The topological polar surface area (TPSA) is 119 Å². The van der Waals surface area contributed by atoms with Crippen LogP contribution < -0.4 is 16.9 Å². The van der Waals surface area contributed by atoms with Crippen LogP contribution in [0.3, 0.4) is 0 Å². The number of carbonyl (C=O) groups is 1. The maximum Gasteiger partial charge on any atom is 0.416 e. The Morgan fingerprint density at radius 1 is 1.12 bits per heavy atom. The van der Waals surface area contributed by atoms with E-state index in [1.807, 2.05) is 0 Å². The summed E-state index contributed by atoms with van der Waals surface area (Å²) < 4.78 is 42.7. The summed E-state index contributed by atoms with van der Waals surface area (Å²) in [5, 5.41) is 9.52. The van der Waals surface area contributed by atoms with Gasteiger partial charge in [0.1, 0.15) is 5.56 Å². The van der Waals surface area contributed by atoms with Crippen molar-refractivity contribution in [3.8, 4) is 5.69 Å². The summed E-state index contributed by atoms with van der Waals surface area (Å²) in [6.07, 6.45) is -3.79. The first kappa shape index (κ1) is 22.8. The lowest BCUT2D eigenvalue weighted by Crippen LogP contribution is -2.42. The number of aromatic nitrogens is 4. The number of fused-ring (bicyclic) bond motifs is 1. The number of alkyl halides is 3. The van der Waals surface area contributed by atoms with Crippen LogP contribution in [0.4, 0.5) is 13.2 Å². The van der Waals surface area contributed by atoms with E-state index in [9.17, 15) is 37.5 Å². The van der Waals surface area contributed by atoms with Gasteiger partial charge in [-0.05, 0) is 42.3 Å². The normalized spacial score (nSPS) is 11.8. The number of imidazole rings is 1. The molecule has 0 radical (unpaired) electrons. The highest BCUT2D eigenvalue weighted by Crippen LogP contribution is 2.33. The van der Waals surface area contributed by atoms with E-state index in [4.69, 9.17) is 0 Å². The smallest absolute Gasteiger partial charge is 0.416 e. The summed E-state index contributed by atoms with van der Waals surface area (Å²) in [6.45, 7) is 0.641. The molecule has 0 aliphatic heterocycles. The van der Waals surface area contributed by atoms with Crippen molar-refractivity contribution in [2.24, 2.45) is 7.05 Å². The Hall–Kier alpha value is -4.35. The van der Waals surface area contributed by atoms with Crippen molar-refractivity contribution in [1.29, 1.82) is 0 Å². The van der Waals surface area contributed by atoms with E-state index in [-0.39, 0.29) is 16.8 Å². The zero-order chi connectivity index (χ0) is 24.9. The fourth-order valence-corrected chi connectivity index (χ4v) is 3.77. The minimum Gasteiger partial charge on any atom is -0.477 e. The van der Waals surface area contributed by atoms with Gasteiger partial charge < -0.3 is 10.1 Å². The number of carboxylic acid groups (broad SMARTS) is 1. The summed E-state index contributed by atoms with van der Waals surface area (Å²) in [6, 6.07) is 7.75. The monoisotopic (exact) mass is 474 g/mol. The zero-order valence-corrected chi connectivity index (χ0v) is 17.8. The van der Waals surface area contributed by atoms with Crippen molar-refractivity contribution < 1.29 is 23.1 Å². The number of aromatic amines is 1. The van der Waals surface area contributed by atoms with E-state index in [0.717, 1.165) is 22.9 Å². The van der Waals surface area contributed by atoms with Crippen molar-refractivity contribution in [3.63, 3.8) is 0 Å².